The van der Waals surface area contributed by atoms with Gasteiger partial charge in [0.05, 0.1) is 13.2 Å². The predicted molar refractivity (Wildman–Crippen MR) is 92.4 cm³/mol. The summed E-state index contributed by atoms with van der Waals surface area (Å²) in [5.41, 5.74) is 3.48. The average molecular weight is 369 g/mol. The van der Waals surface area contributed by atoms with Crippen LogP contribution in [-0.4, -0.2) is 13.7 Å². The van der Waals surface area contributed by atoms with Gasteiger partial charge in [-0.1, -0.05) is 46.6 Å². The molecule has 0 saturated carbocycles. The third-order valence-electron chi connectivity index (χ3n) is 3.53. The van der Waals surface area contributed by atoms with Gasteiger partial charge in [-0.05, 0) is 48.9 Å². The van der Waals surface area contributed by atoms with Crippen molar-refractivity contribution in [3.63, 3.8) is 0 Å². The normalized spacial score (nSPS) is 12.2. The van der Waals surface area contributed by atoms with Crippen molar-refractivity contribution in [2.75, 3.05) is 13.7 Å². The quantitative estimate of drug-likeness (QED) is 0.791. The van der Waals surface area contributed by atoms with E-state index in [1.165, 1.54) is 11.1 Å². The molecule has 0 heterocycles. The molecular weight excluding hydrogens is 350 g/mol. The topological polar surface area (TPSA) is 21.3 Å². The van der Waals surface area contributed by atoms with E-state index in [0.717, 1.165) is 22.3 Å². The molecule has 0 fully saturated rings. The van der Waals surface area contributed by atoms with Crippen molar-refractivity contribution in [1.82, 2.24) is 5.32 Å². The van der Waals surface area contributed by atoms with Gasteiger partial charge in [-0.3, -0.25) is 0 Å². The summed E-state index contributed by atoms with van der Waals surface area (Å²) in [6, 6.07) is 12.0. The van der Waals surface area contributed by atoms with Crippen LogP contribution in [0.15, 0.2) is 40.9 Å². The lowest BCUT2D eigenvalue weighted by Gasteiger charge is -2.23. The van der Waals surface area contributed by atoms with E-state index >= 15 is 0 Å². The Balaban J connectivity index is 2.58. The molecule has 0 amide bonds. The SMILES string of the molecule is CCNC(c1cc(Cl)ccc1OC)c1cccc(Br)c1C. The first-order chi connectivity index (χ1) is 10.1. The first kappa shape index (κ1) is 16.3. The number of benzene rings is 2. The van der Waals surface area contributed by atoms with Crippen LogP contribution >= 0.6 is 27.5 Å². The zero-order chi connectivity index (χ0) is 15.4. The van der Waals surface area contributed by atoms with E-state index in [2.05, 4.69) is 47.2 Å². The van der Waals surface area contributed by atoms with Crippen molar-refractivity contribution in [2.24, 2.45) is 0 Å². The minimum Gasteiger partial charge on any atom is -0.496 e. The summed E-state index contributed by atoms with van der Waals surface area (Å²) in [5, 5.41) is 4.24. The van der Waals surface area contributed by atoms with Crippen LogP contribution in [0, 0.1) is 6.92 Å². The van der Waals surface area contributed by atoms with Crippen LogP contribution in [0.25, 0.3) is 0 Å². The molecule has 0 bridgehead atoms. The third-order valence-corrected chi connectivity index (χ3v) is 4.63. The van der Waals surface area contributed by atoms with Gasteiger partial charge in [-0.25, -0.2) is 0 Å². The van der Waals surface area contributed by atoms with E-state index in [9.17, 15) is 0 Å². The van der Waals surface area contributed by atoms with Gasteiger partial charge in [0.15, 0.2) is 0 Å². The maximum Gasteiger partial charge on any atom is 0.124 e. The standard InChI is InChI=1S/C17H19BrClNO/c1-4-20-17(13-6-5-7-15(18)11(13)2)14-10-12(19)8-9-16(14)21-3/h5-10,17,20H,4H2,1-3H3. The number of methoxy groups -OCH3 is 1. The summed E-state index contributed by atoms with van der Waals surface area (Å²) in [7, 11) is 1.68. The van der Waals surface area contributed by atoms with Crippen LogP contribution < -0.4 is 10.1 Å². The fourth-order valence-corrected chi connectivity index (χ4v) is 3.02. The number of halogens is 2. The summed E-state index contributed by atoms with van der Waals surface area (Å²) >= 11 is 9.79. The summed E-state index contributed by atoms with van der Waals surface area (Å²) < 4.78 is 6.61. The second-order valence-corrected chi connectivity index (χ2v) is 6.12. The molecule has 0 aliphatic heterocycles. The van der Waals surface area contributed by atoms with Gasteiger partial charge in [0.2, 0.25) is 0 Å². The molecule has 0 radical (unpaired) electrons. The maximum atomic E-state index is 6.18. The van der Waals surface area contributed by atoms with Crippen LogP contribution in [0.5, 0.6) is 5.75 Å². The van der Waals surface area contributed by atoms with Crippen molar-refractivity contribution in [3.05, 3.63) is 62.6 Å². The highest BCUT2D eigenvalue weighted by Crippen LogP contribution is 2.35. The van der Waals surface area contributed by atoms with Crippen LogP contribution in [0.4, 0.5) is 0 Å². The van der Waals surface area contributed by atoms with Gasteiger partial charge >= 0.3 is 0 Å². The van der Waals surface area contributed by atoms with Gasteiger partial charge < -0.3 is 10.1 Å². The summed E-state index contributed by atoms with van der Waals surface area (Å²) in [6.45, 7) is 5.06. The smallest absolute Gasteiger partial charge is 0.124 e. The van der Waals surface area contributed by atoms with E-state index in [0.29, 0.717) is 5.02 Å². The van der Waals surface area contributed by atoms with E-state index < -0.39 is 0 Å². The van der Waals surface area contributed by atoms with E-state index in [1.807, 2.05) is 24.3 Å². The van der Waals surface area contributed by atoms with Gasteiger partial charge in [0, 0.05) is 15.1 Å². The highest BCUT2D eigenvalue weighted by molar-refractivity contribution is 9.10. The molecule has 4 heteroatoms. The molecule has 0 aliphatic carbocycles. The van der Waals surface area contributed by atoms with Crippen LogP contribution in [0.1, 0.15) is 29.7 Å². The largest absolute Gasteiger partial charge is 0.496 e. The summed E-state index contributed by atoms with van der Waals surface area (Å²) in [4.78, 5) is 0. The molecule has 0 aliphatic rings. The molecular formula is C17H19BrClNO. The molecule has 1 unspecified atom stereocenters. The van der Waals surface area contributed by atoms with Gasteiger partial charge in [0.1, 0.15) is 5.75 Å². The van der Waals surface area contributed by atoms with Crippen LogP contribution in [0.3, 0.4) is 0 Å². The Labute approximate surface area is 139 Å². The highest BCUT2D eigenvalue weighted by Gasteiger charge is 2.20. The predicted octanol–water partition coefficient (Wildman–Crippen LogP) is 5.12. The Morgan fingerprint density at radius 2 is 2.00 bits per heavy atom. The molecule has 0 aromatic heterocycles. The lowest BCUT2D eigenvalue weighted by atomic mass is 9.94. The molecule has 2 aromatic rings. The average Bonchev–Trinajstić information content (AvgIpc) is 2.48. The Hall–Kier alpha value is -1.03. The molecule has 0 spiro atoms. The zero-order valence-electron chi connectivity index (χ0n) is 12.4. The number of rotatable bonds is 5. The molecule has 1 atom stereocenters. The molecule has 21 heavy (non-hydrogen) atoms. The van der Waals surface area contributed by atoms with E-state index in [-0.39, 0.29) is 6.04 Å². The minimum absolute atomic E-state index is 0.0427. The lowest BCUT2D eigenvalue weighted by molar-refractivity contribution is 0.404. The highest BCUT2D eigenvalue weighted by atomic mass is 79.9. The van der Waals surface area contributed by atoms with E-state index in [4.69, 9.17) is 16.3 Å². The van der Waals surface area contributed by atoms with Crippen molar-refractivity contribution < 1.29 is 4.74 Å². The van der Waals surface area contributed by atoms with Crippen molar-refractivity contribution >= 4 is 27.5 Å². The van der Waals surface area contributed by atoms with Crippen molar-refractivity contribution in [3.8, 4) is 5.75 Å². The lowest BCUT2D eigenvalue weighted by Crippen LogP contribution is -2.23. The Bertz CT molecular complexity index is 630. The molecule has 2 nitrogen and oxygen atoms in total. The van der Waals surface area contributed by atoms with Crippen LogP contribution in [0.2, 0.25) is 5.02 Å². The van der Waals surface area contributed by atoms with Gasteiger partial charge in [-0.2, -0.15) is 0 Å². The number of hydrogen-bond acceptors (Lipinski definition) is 2. The van der Waals surface area contributed by atoms with Crippen molar-refractivity contribution in [2.45, 2.75) is 19.9 Å². The Morgan fingerprint density at radius 3 is 2.67 bits per heavy atom. The molecule has 112 valence electrons. The van der Waals surface area contributed by atoms with Gasteiger partial charge in [0.25, 0.3) is 0 Å². The molecule has 1 N–H and O–H groups in total. The fraction of sp³-hybridized carbons (Fsp3) is 0.294. The molecule has 2 rings (SSSR count). The Kier molecular flexibility index (Phi) is 5.68. The monoisotopic (exact) mass is 367 g/mol. The Morgan fingerprint density at radius 1 is 1.24 bits per heavy atom. The van der Waals surface area contributed by atoms with Gasteiger partial charge in [-0.15, -0.1) is 0 Å². The minimum atomic E-state index is 0.0427. The summed E-state index contributed by atoms with van der Waals surface area (Å²) in [5.74, 6) is 0.838. The first-order valence-corrected chi connectivity index (χ1v) is 8.07. The number of nitrogens with one attached hydrogen (secondary N) is 1. The maximum absolute atomic E-state index is 6.18. The molecule has 0 saturated heterocycles. The third kappa shape index (κ3) is 3.60. The second-order valence-electron chi connectivity index (χ2n) is 4.83. The van der Waals surface area contributed by atoms with Crippen molar-refractivity contribution in [1.29, 1.82) is 0 Å². The molecule has 2 aromatic carbocycles. The second kappa shape index (κ2) is 7.30. The zero-order valence-corrected chi connectivity index (χ0v) is 14.8. The first-order valence-electron chi connectivity index (χ1n) is 6.90. The number of hydrogen-bond donors (Lipinski definition) is 1. The van der Waals surface area contributed by atoms with Crippen LogP contribution in [-0.2, 0) is 0 Å². The van der Waals surface area contributed by atoms with E-state index in [1.54, 1.807) is 7.11 Å². The number of ether oxygens (including phenoxy) is 1. The fourth-order valence-electron chi connectivity index (χ4n) is 2.46. The summed E-state index contributed by atoms with van der Waals surface area (Å²) in [6.07, 6.45) is 0.